The zero-order chi connectivity index (χ0) is 24.2. The van der Waals surface area contributed by atoms with Crippen LogP contribution in [0.2, 0.25) is 5.02 Å². The largest absolute Gasteiger partial charge is 0.444 e. The summed E-state index contributed by atoms with van der Waals surface area (Å²) in [7, 11) is 1.44. The number of hydrogen-bond acceptors (Lipinski definition) is 7. The number of methoxy groups -OCH3 is 1. The summed E-state index contributed by atoms with van der Waals surface area (Å²) >= 11 is 5.97. The Morgan fingerprint density at radius 3 is 2.61 bits per heavy atom. The number of nitrogens with one attached hydrogen (secondary N) is 2. The number of benzene rings is 1. The van der Waals surface area contributed by atoms with E-state index in [-0.39, 0.29) is 24.8 Å². The molecular weight excluding hydrogens is 450 g/mol. The maximum absolute atomic E-state index is 12.9. The van der Waals surface area contributed by atoms with Crippen molar-refractivity contribution in [2.45, 2.75) is 44.9 Å². The molecule has 1 aromatic heterocycles. The molecular formula is C22H28ClN5O5. The second-order valence-electron chi connectivity index (χ2n) is 8.83. The van der Waals surface area contributed by atoms with Crippen molar-refractivity contribution in [1.82, 2.24) is 25.7 Å². The first-order valence-electron chi connectivity index (χ1n) is 10.6. The van der Waals surface area contributed by atoms with Crippen LogP contribution in [0.5, 0.6) is 0 Å². The Kier molecular flexibility index (Phi) is 7.70. The molecule has 3 rings (SSSR count). The third-order valence-corrected chi connectivity index (χ3v) is 5.27. The number of likely N-dealkylation sites (tertiary alicyclic amines) is 1. The number of halogens is 1. The van der Waals surface area contributed by atoms with Crippen LogP contribution < -0.4 is 10.6 Å². The van der Waals surface area contributed by atoms with Crippen molar-refractivity contribution in [3.05, 3.63) is 35.0 Å². The van der Waals surface area contributed by atoms with Gasteiger partial charge in [0.05, 0.1) is 17.6 Å². The van der Waals surface area contributed by atoms with E-state index in [4.69, 9.17) is 21.1 Å². The molecule has 1 fully saturated rings. The van der Waals surface area contributed by atoms with Crippen molar-refractivity contribution >= 4 is 40.4 Å². The molecule has 11 heteroatoms. The minimum Gasteiger partial charge on any atom is -0.444 e. The first kappa shape index (κ1) is 24.7. The lowest BCUT2D eigenvalue weighted by Gasteiger charge is -2.39. The molecule has 0 spiro atoms. The van der Waals surface area contributed by atoms with E-state index in [1.807, 2.05) is 0 Å². The van der Waals surface area contributed by atoms with Gasteiger partial charge in [0.2, 0.25) is 5.91 Å². The van der Waals surface area contributed by atoms with E-state index in [2.05, 4.69) is 20.8 Å². The number of ether oxygens (including phenoxy) is 2. The van der Waals surface area contributed by atoms with Crippen LogP contribution in [0, 0.1) is 0 Å². The average Bonchev–Trinajstić information content (AvgIpc) is 2.73. The fourth-order valence-electron chi connectivity index (χ4n) is 3.53. The monoisotopic (exact) mass is 477 g/mol. The maximum Gasteiger partial charge on any atom is 0.408 e. The number of amides is 3. The van der Waals surface area contributed by atoms with Crippen LogP contribution in [0.25, 0.3) is 10.9 Å². The van der Waals surface area contributed by atoms with Gasteiger partial charge >= 0.3 is 6.09 Å². The Morgan fingerprint density at radius 2 is 1.91 bits per heavy atom. The second-order valence-corrected chi connectivity index (χ2v) is 9.26. The number of nitrogens with zero attached hydrogens (tertiary/aromatic N) is 3. The number of hydrogen-bond donors (Lipinski definition) is 2. The highest BCUT2D eigenvalue weighted by Gasteiger charge is 2.35. The zero-order valence-corrected chi connectivity index (χ0v) is 19.8. The van der Waals surface area contributed by atoms with Gasteiger partial charge in [0.15, 0.2) is 5.69 Å². The van der Waals surface area contributed by atoms with Crippen LogP contribution in [0.15, 0.2) is 24.3 Å². The molecule has 33 heavy (non-hydrogen) atoms. The molecule has 2 aromatic rings. The van der Waals surface area contributed by atoms with E-state index in [0.29, 0.717) is 23.5 Å². The number of carbonyl (C=O) groups is 3. The summed E-state index contributed by atoms with van der Waals surface area (Å²) in [5, 5.41) is 15.0. The molecule has 2 unspecified atom stereocenters. The number of carbonyl (C=O) groups excluding carboxylic acids is 3. The smallest absolute Gasteiger partial charge is 0.408 e. The summed E-state index contributed by atoms with van der Waals surface area (Å²) in [6, 6.07) is 5.75. The summed E-state index contributed by atoms with van der Waals surface area (Å²) in [4.78, 5) is 39.2. The molecule has 3 amide bonds. The molecule has 1 aliphatic heterocycles. The van der Waals surface area contributed by atoms with Crippen molar-refractivity contribution in [2.75, 3.05) is 26.8 Å². The maximum atomic E-state index is 12.9. The summed E-state index contributed by atoms with van der Waals surface area (Å²) < 4.78 is 10.3. The highest BCUT2D eigenvalue weighted by atomic mass is 35.5. The quantitative estimate of drug-likeness (QED) is 0.676. The normalized spacial score (nSPS) is 18.6. The van der Waals surface area contributed by atoms with Gasteiger partial charge in [0, 0.05) is 30.6 Å². The number of fused-ring (bicyclic) bond motifs is 1. The van der Waals surface area contributed by atoms with E-state index < -0.39 is 29.7 Å². The van der Waals surface area contributed by atoms with Crippen LogP contribution in [0.4, 0.5) is 4.79 Å². The third kappa shape index (κ3) is 6.75. The predicted octanol–water partition coefficient (Wildman–Crippen LogP) is 2.15. The number of rotatable bonds is 5. The molecule has 1 aliphatic rings. The lowest BCUT2D eigenvalue weighted by molar-refractivity contribution is -0.136. The molecule has 2 heterocycles. The summed E-state index contributed by atoms with van der Waals surface area (Å²) in [6.45, 7) is 5.81. The minimum absolute atomic E-state index is 0.0626. The average molecular weight is 478 g/mol. The van der Waals surface area contributed by atoms with Crippen molar-refractivity contribution in [1.29, 1.82) is 0 Å². The minimum atomic E-state index is -0.688. The number of piperidine rings is 1. The first-order valence-corrected chi connectivity index (χ1v) is 10.9. The molecule has 2 atom stereocenters. The first-order chi connectivity index (χ1) is 15.6. The van der Waals surface area contributed by atoms with Gasteiger partial charge in [-0.05, 0) is 45.4 Å². The van der Waals surface area contributed by atoms with E-state index >= 15 is 0 Å². The standard InChI is InChI=1S/C22H28ClN5O5/c1-22(2,3)33-21(31)25-18-11-28(19(29)12-32-4)8-7-15(18)24-20(30)17-9-13-5-6-14(23)10-16(13)26-27-17/h5-6,9-10,15,18H,7-8,11-12H2,1-4H3,(H,24,30)(H,25,31). The van der Waals surface area contributed by atoms with Crippen LogP contribution in [0.1, 0.15) is 37.7 Å². The lowest BCUT2D eigenvalue weighted by Crippen LogP contribution is -2.62. The van der Waals surface area contributed by atoms with Gasteiger partial charge in [-0.1, -0.05) is 17.7 Å². The summed E-state index contributed by atoms with van der Waals surface area (Å²) in [6.07, 6.45) is -0.201. The van der Waals surface area contributed by atoms with E-state index in [9.17, 15) is 14.4 Å². The van der Waals surface area contributed by atoms with Gasteiger partial charge in [-0.15, -0.1) is 10.2 Å². The Labute approximate surface area is 196 Å². The van der Waals surface area contributed by atoms with E-state index in [1.165, 1.54) is 7.11 Å². The molecule has 1 saturated heterocycles. The third-order valence-electron chi connectivity index (χ3n) is 5.03. The van der Waals surface area contributed by atoms with Crippen LogP contribution in [-0.4, -0.2) is 77.5 Å². The zero-order valence-electron chi connectivity index (χ0n) is 19.1. The van der Waals surface area contributed by atoms with Gasteiger partial charge < -0.3 is 25.0 Å². The lowest BCUT2D eigenvalue weighted by atomic mass is 9.98. The molecule has 0 bridgehead atoms. The molecule has 1 aromatic carbocycles. The Balaban J connectivity index is 1.75. The Hall–Kier alpha value is -2.98. The Bertz CT molecular complexity index is 1040. The topological polar surface area (TPSA) is 123 Å². The Morgan fingerprint density at radius 1 is 1.15 bits per heavy atom. The van der Waals surface area contributed by atoms with Crippen molar-refractivity contribution in [3.63, 3.8) is 0 Å². The summed E-state index contributed by atoms with van der Waals surface area (Å²) in [5.74, 6) is -0.630. The number of aromatic nitrogens is 2. The molecule has 178 valence electrons. The van der Waals surface area contributed by atoms with Crippen LogP contribution in [-0.2, 0) is 14.3 Å². The van der Waals surface area contributed by atoms with Gasteiger partial charge in [-0.3, -0.25) is 9.59 Å². The molecule has 2 N–H and O–H groups in total. The van der Waals surface area contributed by atoms with Gasteiger partial charge in [-0.2, -0.15) is 0 Å². The molecule has 0 aliphatic carbocycles. The summed E-state index contributed by atoms with van der Waals surface area (Å²) in [5.41, 5.74) is 0.0271. The van der Waals surface area contributed by atoms with Crippen LogP contribution in [0.3, 0.4) is 0 Å². The van der Waals surface area contributed by atoms with Crippen molar-refractivity contribution in [3.8, 4) is 0 Å². The van der Waals surface area contributed by atoms with Gasteiger partial charge in [0.1, 0.15) is 12.2 Å². The fraction of sp³-hybridized carbons (Fsp3) is 0.500. The second kappa shape index (κ2) is 10.3. The van der Waals surface area contributed by atoms with Gasteiger partial charge in [0.25, 0.3) is 5.91 Å². The van der Waals surface area contributed by atoms with E-state index in [1.54, 1.807) is 49.9 Å². The van der Waals surface area contributed by atoms with Crippen molar-refractivity contribution in [2.24, 2.45) is 0 Å². The highest BCUT2D eigenvalue weighted by Crippen LogP contribution is 2.18. The molecule has 10 nitrogen and oxygen atoms in total. The molecule has 0 radical (unpaired) electrons. The SMILES string of the molecule is COCC(=O)N1CCC(NC(=O)c2cc3ccc(Cl)cc3nn2)C(NC(=O)OC(C)(C)C)C1. The molecule has 0 saturated carbocycles. The van der Waals surface area contributed by atoms with Crippen LogP contribution >= 0.6 is 11.6 Å². The fourth-order valence-corrected chi connectivity index (χ4v) is 3.70. The number of alkyl carbamates (subject to hydrolysis) is 1. The highest BCUT2D eigenvalue weighted by molar-refractivity contribution is 6.31. The van der Waals surface area contributed by atoms with E-state index in [0.717, 1.165) is 5.39 Å². The predicted molar refractivity (Wildman–Crippen MR) is 122 cm³/mol. The van der Waals surface area contributed by atoms with Crippen molar-refractivity contribution < 1.29 is 23.9 Å². The van der Waals surface area contributed by atoms with Gasteiger partial charge in [-0.25, -0.2) is 4.79 Å².